The molecule has 2 amide bonds. The molecular formula is C57H52N2O11. The number of carbonyl (C=O) groups is 6. The molecule has 0 heterocycles. The molecule has 0 aliphatic carbocycles. The Morgan fingerprint density at radius 2 is 0.757 bits per heavy atom. The highest BCUT2D eigenvalue weighted by atomic mass is 16.5. The van der Waals surface area contributed by atoms with Crippen LogP contribution in [0.5, 0.6) is 17.2 Å². The van der Waals surface area contributed by atoms with Crippen LogP contribution in [0.1, 0.15) is 33.4 Å². The number of hydrogen-bond acceptors (Lipinski definition) is 11. The molecule has 13 heteroatoms. The lowest BCUT2D eigenvalue weighted by molar-refractivity contribution is -0.137. The van der Waals surface area contributed by atoms with Crippen molar-refractivity contribution in [2.75, 3.05) is 23.8 Å². The van der Waals surface area contributed by atoms with Crippen molar-refractivity contribution in [2.24, 2.45) is 11.8 Å². The SMILES string of the molecule is Cc1ccc(/C=C/C(=O)C(C(=O)/C=C/c2ccc(O)cc2)C(=O)Nc2ccc(OC(CO)CO)cc2)cc1.Cc1ccc(/C=C/C(=O)C(C(=O)/C=C/c2ccc(O)cc2)C(=O)Nc2ccccc2)cc1. The summed E-state index contributed by atoms with van der Waals surface area (Å²) >= 11 is 0. The van der Waals surface area contributed by atoms with Gasteiger partial charge in [-0.2, -0.15) is 0 Å². The summed E-state index contributed by atoms with van der Waals surface area (Å²) in [6.07, 6.45) is 10.1. The topological polar surface area (TPSA) is 217 Å². The van der Waals surface area contributed by atoms with E-state index in [1.807, 2.05) is 62.4 Å². The van der Waals surface area contributed by atoms with Crippen LogP contribution in [0.3, 0.4) is 0 Å². The second-order valence-electron chi connectivity index (χ2n) is 15.8. The molecule has 0 aliphatic rings. The molecule has 2 unspecified atom stereocenters. The maximum atomic E-state index is 13.1. The largest absolute Gasteiger partial charge is 0.508 e. The van der Waals surface area contributed by atoms with Crippen LogP contribution < -0.4 is 15.4 Å². The molecule has 2 atom stereocenters. The average molecular weight is 941 g/mol. The molecule has 6 aromatic carbocycles. The average Bonchev–Trinajstić information content (AvgIpc) is 3.36. The Labute approximate surface area is 405 Å². The van der Waals surface area contributed by atoms with Crippen molar-refractivity contribution in [3.05, 3.63) is 209 Å². The van der Waals surface area contributed by atoms with E-state index in [4.69, 9.17) is 14.9 Å². The maximum Gasteiger partial charge on any atom is 0.243 e. The third-order valence-electron chi connectivity index (χ3n) is 10.2. The number of ether oxygens (including phenoxy) is 1. The molecule has 0 aliphatic heterocycles. The summed E-state index contributed by atoms with van der Waals surface area (Å²) in [7, 11) is 0. The fraction of sp³-hybridized carbons (Fsp3) is 0.123. The van der Waals surface area contributed by atoms with Gasteiger partial charge in [0.15, 0.2) is 35.0 Å². The molecule has 70 heavy (non-hydrogen) atoms. The number of ketones is 4. The van der Waals surface area contributed by atoms with E-state index in [0.29, 0.717) is 28.3 Å². The molecule has 13 nitrogen and oxygen atoms in total. The molecule has 6 rings (SSSR count). The van der Waals surface area contributed by atoms with Crippen molar-refractivity contribution < 1.29 is 53.9 Å². The summed E-state index contributed by atoms with van der Waals surface area (Å²) in [5, 5.41) is 42.3. The summed E-state index contributed by atoms with van der Waals surface area (Å²) in [5.41, 5.74) is 5.76. The Morgan fingerprint density at radius 1 is 0.443 bits per heavy atom. The van der Waals surface area contributed by atoms with E-state index < -0.39 is 52.9 Å². The summed E-state index contributed by atoms with van der Waals surface area (Å²) < 4.78 is 5.40. The van der Waals surface area contributed by atoms with Crippen molar-refractivity contribution in [2.45, 2.75) is 20.0 Å². The highest BCUT2D eigenvalue weighted by Gasteiger charge is 2.32. The first kappa shape index (κ1) is 52.2. The van der Waals surface area contributed by atoms with Gasteiger partial charge in [-0.05, 0) is 121 Å². The standard InChI is InChI=1S/C30H29NO7.C27H23NO4/c1-20-2-4-21(5-3-20)8-16-27(35)29(28(36)17-9-22-6-12-24(34)13-7-22)30(37)31-23-10-14-25(15-11-23)38-26(18-32)19-33;1-19-7-9-20(10-8-19)13-17-24(30)26(27(32)28-22-5-3-2-4-6-22)25(31)18-14-21-11-15-23(29)16-12-21/h2-17,26,29,32-34H,18-19H2,1H3,(H,31,37);2-18,26,29H,1H3,(H,28,32)/b16-8+,17-9+;17-13+,18-14+. The second kappa shape index (κ2) is 26.5. The highest BCUT2D eigenvalue weighted by molar-refractivity contribution is 6.29. The lowest BCUT2D eigenvalue weighted by Gasteiger charge is -2.15. The van der Waals surface area contributed by atoms with Crippen LogP contribution in [-0.2, 0) is 28.8 Å². The van der Waals surface area contributed by atoms with Gasteiger partial charge in [-0.1, -0.05) is 126 Å². The summed E-state index contributed by atoms with van der Waals surface area (Å²) in [6, 6.07) is 42.0. The smallest absolute Gasteiger partial charge is 0.243 e. The highest BCUT2D eigenvalue weighted by Crippen LogP contribution is 2.20. The van der Waals surface area contributed by atoms with Gasteiger partial charge in [0.1, 0.15) is 23.4 Å². The number of aliphatic hydroxyl groups is 2. The van der Waals surface area contributed by atoms with Crippen molar-refractivity contribution in [3.8, 4) is 17.2 Å². The van der Waals surface area contributed by atoms with Gasteiger partial charge in [0, 0.05) is 11.4 Å². The second-order valence-corrected chi connectivity index (χ2v) is 15.8. The molecule has 0 radical (unpaired) electrons. The van der Waals surface area contributed by atoms with E-state index in [1.54, 1.807) is 66.7 Å². The fourth-order valence-electron chi connectivity index (χ4n) is 6.31. The third-order valence-corrected chi connectivity index (χ3v) is 10.2. The van der Waals surface area contributed by atoms with Gasteiger partial charge in [0.2, 0.25) is 11.8 Å². The van der Waals surface area contributed by atoms with Gasteiger partial charge in [0.25, 0.3) is 0 Å². The monoisotopic (exact) mass is 940 g/mol. The number of aromatic hydroxyl groups is 2. The first-order valence-corrected chi connectivity index (χ1v) is 22.0. The molecule has 6 aromatic rings. The Kier molecular flexibility index (Phi) is 19.8. The third kappa shape index (κ3) is 16.8. The van der Waals surface area contributed by atoms with Crippen LogP contribution in [0.4, 0.5) is 11.4 Å². The Bertz CT molecular complexity index is 2690. The number of amides is 2. The molecule has 0 saturated carbocycles. The molecule has 0 saturated heterocycles. The van der Waals surface area contributed by atoms with E-state index in [-0.39, 0.29) is 24.7 Å². The quantitative estimate of drug-likeness (QED) is 0.0316. The Morgan fingerprint density at radius 3 is 1.09 bits per heavy atom. The van der Waals surface area contributed by atoms with Crippen molar-refractivity contribution in [3.63, 3.8) is 0 Å². The van der Waals surface area contributed by atoms with Crippen LogP contribution in [0.15, 0.2) is 176 Å². The minimum atomic E-state index is -1.63. The summed E-state index contributed by atoms with van der Waals surface area (Å²) in [4.78, 5) is 77.8. The Hall–Kier alpha value is -8.78. The maximum absolute atomic E-state index is 13.1. The first-order chi connectivity index (χ1) is 33.7. The predicted octanol–water partition coefficient (Wildman–Crippen LogP) is 8.37. The number of allylic oxidation sites excluding steroid dienone is 4. The van der Waals surface area contributed by atoms with E-state index >= 15 is 0 Å². The molecule has 6 N–H and O–H groups in total. The first-order valence-electron chi connectivity index (χ1n) is 22.0. The molecule has 0 aromatic heterocycles. The number of rotatable bonds is 20. The molecule has 0 spiro atoms. The number of hydrogen-bond donors (Lipinski definition) is 6. The van der Waals surface area contributed by atoms with Crippen molar-refractivity contribution in [1.29, 1.82) is 0 Å². The number of aliphatic hydroxyl groups excluding tert-OH is 2. The number of para-hydroxylation sites is 1. The molecule has 0 fully saturated rings. The zero-order valence-electron chi connectivity index (χ0n) is 38.3. The fourth-order valence-corrected chi connectivity index (χ4v) is 6.31. The number of anilines is 2. The van der Waals surface area contributed by atoms with E-state index in [0.717, 1.165) is 28.3 Å². The van der Waals surface area contributed by atoms with Crippen LogP contribution >= 0.6 is 0 Å². The number of carbonyl (C=O) groups excluding carboxylic acids is 6. The normalized spacial score (nSPS) is 12.1. The number of nitrogens with one attached hydrogen (secondary N) is 2. The number of phenolic OH excluding ortho intramolecular Hbond substituents is 2. The minimum absolute atomic E-state index is 0.0711. The van der Waals surface area contributed by atoms with E-state index in [1.165, 1.54) is 78.9 Å². The van der Waals surface area contributed by atoms with Gasteiger partial charge in [-0.25, -0.2) is 0 Å². The molecule has 356 valence electrons. The van der Waals surface area contributed by atoms with Crippen LogP contribution in [0.25, 0.3) is 24.3 Å². The number of aryl methyl sites for hydroxylation is 2. The number of benzene rings is 6. The zero-order chi connectivity index (χ0) is 50.4. The van der Waals surface area contributed by atoms with E-state index in [9.17, 15) is 39.0 Å². The summed E-state index contributed by atoms with van der Waals surface area (Å²) in [5.74, 6) is -6.76. The number of phenols is 2. The van der Waals surface area contributed by atoms with Crippen molar-refractivity contribution >= 4 is 70.6 Å². The van der Waals surface area contributed by atoms with Crippen molar-refractivity contribution in [1.82, 2.24) is 0 Å². The minimum Gasteiger partial charge on any atom is -0.508 e. The molecule has 0 bridgehead atoms. The van der Waals surface area contributed by atoms with Gasteiger partial charge in [-0.3, -0.25) is 28.8 Å². The van der Waals surface area contributed by atoms with E-state index in [2.05, 4.69) is 10.6 Å². The molecular weight excluding hydrogens is 889 g/mol. The van der Waals surface area contributed by atoms with Crippen LogP contribution in [0.2, 0.25) is 0 Å². The van der Waals surface area contributed by atoms with Gasteiger partial charge in [0.05, 0.1) is 13.2 Å². The van der Waals surface area contributed by atoms with Gasteiger partial charge >= 0.3 is 0 Å². The van der Waals surface area contributed by atoms with Crippen LogP contribution in [0, 0.1) is 25.7 Å². The van der Waals surface area contributed by atoms with Gasteiger partial charge in [-0.15, -0.1) is 0 Å². The predicted molar refractivity (Wildman–Crippen MR) is 270 cm³/mol. The van der Waals surface area contributed by atoms with Gasteiger partial charge < -0.3 is 35.8 Å². The van der Waals surface area contributed by atoms with Crippen LogP contribution in [-0.4, -0.2) is 74.7 Å². The lowest BCUT2D eigenvalue weighted by Crippen LogP contribution is -2.34. The summed E-state index contributed by atoms with van der Waals surface area (Å²) in [6.45, 7) is 3.17. The Balaban J connectivity index is 0.000000265. The zero-order valence-corrected chi connectivity index (χ0v) is 38.3. The lowest BCUT2D eigenvalue weighted by atomic mass is 9.95.